The van der Waals surface area contributed by atoms with Crippen molar-refractivity contribution in [3.8, 4) is 0 Å². The largest absolute Gasteiger partial charge is 0.462 e. The summed E-state index contributed by atoms with van der Waals surface area (Å²) in [6, 6.07) is -0.272. The van der Waals surface area contributed by atoms with Crippen LogP contribution in [0.4, 0.5) is 4.79 Å². The third kappa shape index (κ3) is 4.83. The maximum absolute atomic E-state index is 12.3. The standard InChI is InChI=1S/C17H30N2O4/c1-5-12-8-9-18-14(12)15(20)22-11-13-7-6-10-19(13)16(21)23-17(2,3)4/h12-14,18H,5-11H2,1-4H3/t12-,13?,14-/m0/s1. The molecular weight excluding hydrogens is 296 g/mol. The van der Waals surface area contributed by atoms with E-state index in [0.29, 0.717) is 12.5 Å². The van der Waals surface area contributed by atoms with Gasteiger partial charge in [0.15, 0.2) is 0 Å². The molecule has 0 saturated carbocycles. The summed E-state index contributed by atoms with van der Waals surface area (Å²) in [5, 5.41) is 3.22. The minimum Gasteiger partial charge on any atom is -0.462 e. The van der Waals surface area contributed by atoms with E-state index in [1.165, 1.54) is 0 Å². The molecule has 2 aliphatic heterocycles. The molecule has 0 spiro atoms. The summed E-state index contributed by atoms with van der Waals surface area (Å²) in [5.41, 5.74) is -0.511. The van der Waals surface area contributed by atoms with Crippen LogP contribution < -0.4 is 5.32 Å². The van der Waals surface area contributed by atoms with Crippen molar-refractivity contribution in [3.05, 3.63) is 0 Å². The van der Waals surface area contributed by atoms with E-state index < -0.39 is 5.60 Å². The van der Waals surface area contributed by atoms with E-state index in [1.807, 2.05) is 20.8 Å². The van der Waals surface area contributed by atoms with E-state index in [4.69, 9.17) is 9.47 Å². The SMILES string of the molecule is CC[C@H]1CCN[C@@H]1C(=O)OCC1CCCN1C(=O)OC(C)(C)C. The summed E-state index contributed by atoms with van der Waals surface area (Å²) in [6.45, 7) is 9.44. The Morgan fingerprint density at radius 2 is 2.00 bits per heavy atom. The molecule has 0 aromatic rings. The molecule has 1 N–H and O–H groups in total. The van der Waals surface area contributed by atoms with Crippen LogP contribution in [-0.2, 0) is 14.3 Å². The zero-order chi connectivity index (χ0) is 17.0. The molecule has 0 aliphatic carbocycles. The van der Waals surface area contributed by atoms with Gasteiger partial charge in [-0.1, -0.05) is 13.3 Å². The summed E-state index contributed by atoms with van der Waals surface area (Å²) >= 11 is 0. The lowest BCUT2D eigenvalue weighted by atomic mass is 9.98. The van der Waals surface area contributed by atoms with Crippen LogP contribution in [0.3, 0.4) is 0 Å². The Morgan fingerprint density at radius 3 is 2.65 bits per heavy atom. The van der Waals surface area contributed by atoms with Crippen molar-refractivity contribution in [2.24, 2.45) is 5.92 Å². The maximum Gasteiger partial charge on any atom is 0.410 e. The second-order valence-electron chi connectivity index (χ2n) is 7.49. The summed E-state index contributed by atoms with van der Waals surface area (Å²) in [6.07, 6.45) is 3.44. The molecule has 1 unspecified atom stereocenters. The quantitative estimate of drug-likeness (QED) is 0.803. The highest BCUT2D eigenvalue weighted by Crippen LogP contribution is 2.23. The Labute approximate surface area is 138 Å². The van der Waals surface area contributed by atoms with Crippen LogP contribution in [0.5, 0.6) is 0 Å². The first-order valence-electron chi connectivity index (χ1n) is 8.71. The third-order valence-electron chi connectivity index (χ3n) is 4.55. The van der Waals surface area contributed by atoms with Crippen molar-refractivity contribution in [2.75, 3.05) is 19.7 Å². The molecule has 1 amide bonds. The van der Waals surface area contributed by atoms with Gasteiger partial charge in [-0.25, -0.2) is 4.79 Å². The molecule has 2 saturated heterocycles. The van der Waals surface area contributed by atoms with Gasteiger partial charge in [-0.05, 0) is 52.5 Å². The maximum atomic E-state index is 12.3. The number of carbonyl (C=O) groups is 2. The van der Waals surface area contributed by atoms with Crippen LogP contribution in [0.2, 0.25) is 0 Å². The number of nitrogens with one attached hydrogen (secondary N) is 1. The van der Waals surface area contributed by atoms with E-state index in [1.54, 1.807) is 4.90 Å². The lowest BCUT2D eigenvalue weighted by molar-refractivity contribution is -0.148. The molecular formula is C17H30N2O4. The van der Waals surface area contributed by atoms with Gasteiger partial charge in [0.1, 0.15) is 18.2 Å². The predicted octanol–water partition coefficient (Wildman–Crippen LogP) is 2.32. The minimum atomic E-state index is -0.511. The highest BCUT2D eigenvalue weighted by molar-refractivity contribution is 5.76. The van der Waals surface area contributed by atoms with Crippen molar-refractivity contribution < 1.29 is 19.1 Å². The van der Waals surface area contributed by atoms with Crippen molar-refractivity contribution in [3.63, 3.8) is 0 Å². The molecule has 0 bridgehead atoms. The molecule has 23 heavy (non-hydrogen) atoms. The number of amides is 1. The Hall–Kier alpha value is -1.30. The van der Waals surface area contributed by atoms with Gasteiger partial charge in [0.05, 0.1) is 6.04 Å². The molecule has 2 fully saturated rings. The van der Waals surface area contributed by atoms with E-state index in [-0.39, 0.29) is 30.8 Å². The Kier molecular flexibility index (Phi) is 5.89. The number of likely N-dealkylation sites (tertiary alicyclic amines) is 1. The molecule has 2 rings (SSSR count). The first kappa shape index (κ1) is 18.0. The van der Waals surface area contributed by atoms with Gasteiger partial charge in [0.25, 0.3) is 0 Å². The molecule has 0 radical (unpaired) electrons. The van der Waals surface area contributed by atoms with Crippen LogP contribution in [0.15, 0.2) is 0 Å². The Morgan fingerprint density at radius 1 is 1.26 bits per heavy atom. The van der Waals surface area contributed by atoms with Crippen LogP contribution in [0, 0.1) is 5.92 Å². The van der Waals surface area contributed by atoms with Crippen LogP contribution >= 0.6 is 0 Å². The van der Waals surface area contributed by atoms with Gasteiger partial charge in [0.2, 0.25) is 0 Å². The zero-order valence-corrected chi connectivity index (χ0v) is 14.8. The van der Waals surface area contributed by atoms with Crippen LogP contribution in [0.1, 0.15) is 53.4 Å². The van der Waals surface area contributed by atoms with Gasteiger partial charge < -0.3 is 19.7 Å². The Bertz CT molecular complexity index is 433. The number of rotatable bonds is 4. The van der Waals surface area contributed by atoms with Crippen molar-refractivity contribution in [1.82, 2.24) is 10.2 Å². The number of esters is 1. The second kappa shape index (κ2) is 7.51. The fraction of sp³-hybridized carbons (Fsp3) is 0.882. The van der Waals surface area contributed by atoms with E-state index in [2.05, 4.69) is 12.2 Å². The first-order valence-corrected chi connectivity index (χ1v) is 8.71. The van der Waals surface area contributed by atoms with Gasteiger partial charge in [-0.2, -0.15) is 0 Å². The highest BCUT2D eigenvalue weighted by Gasteiger charge is 2.36. The topological polar surface area (TPSA) is 67.9 Å². The number of ether oxygens (including phenoxy) is 2. The fourth-order valence-electron chi connectivity index (χ4n) is 3.31. The predicted molar refractivity (Wildman–Crippen MR) is 87.1 cm³/mol. The van der Waals surface area contributed by atoms with E-state index in [0.717, 1.165) is 32.2 Å². The van der Waals surface area contributed by atoms with Gasteiger partial charge in [-0.15, -0.1) is 0 Å². The molecule has 2 aliphatic rings. The monoisotopic (exact) mass is 326 g/mol. The number of hydrogen-bond acceptors (Lipinski definition) is 5. The average molecular weight is 326 g/mol. The molecule has 0 aromatic heterocycles. The molecule has 0 aromatic carbocycles. The second-order valence-corrected chi connectivity index (χ2v) is 7.49. The third-order valence-corrected chi connectivity index (χ3v) is 4.55. The van der Waals surface area contributed by atoms with Crippen molar-refractivity contribution >= 4 is 12.1 Å². The number of hydrogen-bond donors (Lipinski definition) is 1. The van der Waals surface area contributed by atoms with E-state index in [9.17, 15) is 9.59 Å². The lowest BCUT2D eigenvalue weighted by Gasteiger charge is -2.28. The number of carbonyl (C=O) groups excluding carboxylic acids is 2. The number of nitrogens with zero attached hydrogens (tertiary/aromatic N) is 1. The fourth-order valence-corrected chi connectivity index (χ4v) is 3.31. The van der Waals surface area contributed by atoms with Crippen LogP contribution in [-0.4, -0.2) is 54.3 Å². The summed E-state index contributed by atoms with van der Waals surface area (Å²) < 4.78 is 10.9. The molecule has 3 atom stereocenters. The van der Waals surface area contributed by atoms with Crippen molar-refractivity contribution in [2.45, 2.75) is 71.1 Å². The average Bonchev–Trinajstić information content (AvgIpc) is 3.11. The van der Waals surface area contributed by atoms with Gasteiger partial charge in [0, 0.05) is 6.54 Å². The normalized spacial score (nSPS) is 28.0. The van der Waals surface area contributed by atoms with Gasteiger partial charge in [-0.3, -0.25) is 4.79 Å². The molecule has 2 heterocycles. The smallest absolute Gasteiger partial charge is 0.410 e. The summed E-state index contributed by atoms with van der Waals surface area (Å²) in [5.74, 6) is 0.165. The minimum absolute atomic E-state index is 0.0738. The molecule has 132 valence electrons. The highest BCUT2D eigenvalue weighted by atomic mass is 16.6. The molecule has 6 nitrogen and oxygen atoms in total. The first-order chi connectivity index (χ1) is 10.8. The lowest BCUT2D eigenvalue weighted by Crippen LogP contribution is -2.43. The van der Waals surface area contributed by atoms with Gasteiger partial charge >= 0.3 is 12.1 Å². The zero-order valence-electron chi connectivity index (χ0n) is 14.8. The Balaban J connectivity index is 1.84. The summed E-state index contributed by atoms with van der Waals surface area (Å²) in [7, 11) is 0. The van der Waals surface area contributed by atoms with E-state index >= 15 is 0 Å². The van der Waals surface area contributed by atoms with Crippen LogP contribution in [0.25, 0.3) is 0 Å². The summed E-state index contributed by atoms with van der Waals surface area (Å²) in [4.78, 5) is 26.2. The molecule has 6 heteroatoms. The van der Waals surface area contributed by atoms with Crippen molar-refractivity contribution in [1.29, 1.82) is 0 Å².